The summed E-state index contributed by atoms with van der Waals surface area (Å²) in [6.07, 6.45) is 0.740. The molecular weight excluding hydrogens is 474 g/mol. The van der Waals surface area contributed by atoms with Crippen molar-refractivity contribution in [2.24, 2.45) is 0 Å². The molecular formula is C27H31N5O3S. The van der Waals surface area contributed by atoms with Crippen molar-refractivity contribution in [2.75, 3.05) is 11.5 Å². The van der Waals surface area contributed by atoms with Crippen molar-refractivity contribution in [1.82, 2.24) is 20.3 Å². The molecule has 2 aromatic carbocycles. The number of carbonyl (C=O) groups is 2. The molecule has 0 fully saturated rings. The summed E-state index contributed by atoms with van der Waals surface area (Å²) in [4.78, 5) is 30.2. The van der Waals surface area contributed by atoms with Gasteiger partial charge in [-0.05, 0) is 62.9 Å². The lowest BCUT2D eigenvalue weighted by molar-refractivity contribution is -0.128. The van der Waals surface area contributed by atoms with Crippen LogP contribution in [0.5, 0.6) is 5.75 Å². The Morgan fingerprint density at radius 1 is 1.08 bits per heavy atom. The minimum absolute atomic E-state index is 0.0900. The molecule has 1 atom stereocenters. The fraction of sp³-hybridized carbons (Fsp3) is 0.333. The number of ether oxygens (including phenoxy) is 1. The lowest BCUT2D eigenvalue weighted by Gasteiger charge is -2.34. The monoisotopic (exact) mass is 505 g/mol. The first-order valence-corrected chi connectivity index (χ1v) is 12.9. The van der Waals surface area contributed by atoms with E-state index in [2.05, 4.69) is 15.6 Å². The Morgan fingerprint density at radius 2 is 1.83 bits per heavy atom. The van der Waals surface area contributed by atoms with Crippen LogP contribution in [0.3, 0.4) is 0 Å². The highest BCUT2D eigenvalue weighted by atomic mass is 32.1. The number of rotatable bonds is 10. The third-order valence-corrected chi connectivity index (χ3v) is 6.99. The zero-order valence-corrected chi connectivity index (χ0v) is 21.8. The minimum atomic E-state index is -0.889. The summed E-state index contributed by atoms with van der Waals surface area (Å²) in [6, 6.07) is 17.6. The summed E-state index contributed by atoms with van der Waals surface area (Å²) < 4.78 is 7.45. The predicted molar refractivity (Wildman–Crippen MR) is 142 cm³/mol. The molecule has 0 saturated carbocycles. The standard InChI is InChI=1S/C27H31N5O3S/c1-5-27(3,4)28-26(34)25(23-16-11-17-36-23)32(21-14-9-10-15-22(21)35-6-2)24(33)18-31-20-13-8-7-12-19(20)29-30-31/h7-17,25H,5-6,18H2,1-4H3,(H,28,34)/t25-/m1/s1. The second-order valence-corrected chi connectivity index (χ2v) is 10.0. The minimum Gasteiger partial charge on any atom is -0.492 e. The first kappa shape index (κ1) is 25.4. The van der Waals surface area contributed by atoms with Crippen LogP contribution in [0.2, 0.25) is 0 Å². The molecule has 9 heteroatoms. The normalized spacial score (nSPS) is 12.3. The maximum absolute atomic E-state index is 14.1. The van der Waals surface area contributed by atoms with E-state index in [0.29, 0.717) is 23.6 Å². The molecule has 0 unspecified atom stereocenters. The first-order valence-electron chi connectivity index (χ1n) is 12.0. The summed E-state index contributed by atoms with van der Waals surface area (Å²) in [6.45, 7) is 8.18. The highest BCUT2D eigenvalue weighted by molar-refractivity contribution is 7.10. The van der Waals surface area contributed by atoms with E-state index in [-0.39, 0.29) is 18.4 Å². The first-order chi connectivity index (χ1) is 17.3. The van der Waals surface area contributed by atoms with Gasteiger partial charge in [-0.3, -0.25) is 14.5 Å². The number of fused-ring (bicyclic) bond motifs is 1. The maximum Gasteiger partial charge on any atom is 0.249 e. The van der Waals surface area contributed by atoms with E-state index in [1.165, 1.54) is 16.2 Å². The lowest BCUT2D eigenvalue weighted by atomic mass is 10.0. The fourth-order valence-corrected chi connectivity index (χ4v) is 4.71. The number of aromatic nitrogens is 3. The van der Waals surface area contributed by atoms with Gasteiger partial charge in [-0.15, -0.1) is 16.4 Å². The number of amides is 2. The number of hydrogen-bond donors (Lipinski definition) is 1. The Hall–Kier alpha value is -3.72. The molecule has 2 aromatic heterocycles. The van der Waals surface area contributed by atoms with Crippen LogP contribution in [0, 0.1) is 0 Å². The summed E-state index contributed by atoms with van der Waals surface area (Å²) in [7, 11) is 0. The molecule has 0 aliphatic heterocycles. The Balaban J connectivity index is 1.82. The number of thiophene rings is 1. The Morgan fingerprint density at radius 3 is 2.56 bits per heavy atom. The number of anilines is 1. The van der Waals surface area contributed by atoms with Crippen LogP contribution in [-0.2, 0) is 16.1 Å². The largest absolute Gasteiger partial charge is 0.492 e. The van der Waals surface area contributed by atoms with Crippen LogP contribution in [-0.4, -0.2) is 39.0 Å². The van der Waals surface area contributed by atoms with E-state index in [9.17, 15) is 9.59 Å². The average Bonchev–Trinajstić information content (AvgIpc) is 3.53. The topological polar surface area (TPSA) is 89.3 Å². The van der Waals surface area contributed by atoms with Gasteiger partial charge >= 0.3 is 0 Å². The average molecular weight is 506 g/mol. The van der Waals surface area contributed by atoms with Gasteiger partial charge in [0.05, 0.1) is 17.8 Å². The van der Waals surface area contributed by atoms with Gasteiger partial charge in [-0.25, -0.2) is 4.68 Å². The zero-order valence-electron chi connectivity index (χ0n) is 21.0. The van der Waals surface area contributed by atoms with Gasteiger partial charge in [-0.2, -0.15) is 0 Å². The van der Waals surface area contributed by atoms with E-state index < -0.39 is 11.6 Å². The Kier molecular flexibility index (Phi) is 7.69. The van der Waals surface area contributed by atoms with Gasteiger partial charge in [-0.1, -0.05) is 42.5 Å². The molecule has 0 bridgehead atoms. The number of carbonyl (C=O) groups excluding carboxylic acids is 2. The third kappa shape index (κ3) is 5.41. The van der Waals surface area contributed by atoms with E-state index >= 15 is 0 Å². The second kappa shape index (κ2) is 10.9. The van der Waals surface area contributed by atoms with Gasteiger partial charge < -0.3 is 10.1 Å². The number of nitrogens with zero attached hydrogens (tertiary/aromatic N) is 4. The molecule has 2 amide bonds. The summed E-state index contributed by atoms with van der Waals surface area (Å²) >= 11 is 1.43. The molecule has 8 nitrogen and oxygen atoms in total. The van der Waals surface area contributed by atoms with Gasteiger partial charge in [0.25, 0.3) is 0 Å². The molecule has 0 aliphatic carbocycles. The molecule has 4 rings (SSSR count). The van der Waals surface area contributed by atoms with Crippen molar-refractivity contribution in [2.45, 2.75) is 52.2 Å². The molecule has 0 aliphatic rings. The number of nitrogens with one attached hydrogen (secondary N) is 1. The van der Waals surface area contributed by atoms with Crippen molar-refractivity contribution in [1.29, 1.82) is 0 Å². The Labute approximate surface area is 214 Å². The van der Waals surface area contributed by atoms with Crippen LogP contribution in [0.4, 0.5) is 5.69 Å². The Bertz CT molecular complexity index is 1330. The zero-order chi connectivity index (χ0) is 25.7. The van der Waals surface area contributed by atoms with E-state index in [1.54, 1.807) is 10.7 Å². The highest BCUT2D eigenvalue weighted by Crippen LogP contribution is 2.37. The predicted octanol–water partition coefficient (Wildman–Crippen LogP) is 4.97. The quantitative estimate of drug-likeness (QED) is 0.329. The van der Waals surface area contributed by atoms with E-state index in [4.69, 9.17) is 4.74 Å². The van der Waals surface area contributed by atoms with Crippen LogP contribution in [0.25, 0.3) is 11.0 Å². The van der Waals surface area contributed by atoms with Crippen molar-refractivity contribution in [3.05, 3.63) is 70.9 Å². The highest BCUT2D eigenvalue weighted by Gasteiger charge is 2.37. The summed E-state index contributed by atoms with van der Waals surface area (Å²) in [5.74, 6) is -0.0334. The smallest absolute Gasteiger partial charge is 0.249 e. The van der Waals surface area contributed by atoms with Crippen LogP contribution < -0.4 is 15.0 Å². The molecule has 4 aromatic rings. The molecule has 0 spiro atoms. The van der Waals surface area contributed by atoms with Crippen LogP contribution in [0.15, 0.2) is 66.0 Å². The molecule has 1 N–H and O–H groups in total. The fourth-order valence-electron chi connectivity index (χ4n) is 3.90. The molecule has 36 heavy (non-hydrogen) atoms. The molecule has 188 valence electrons. The van der Waals surface area contributed by atoms with Gasteiger partial charge in [0.15, 0.2) is 0 Å². The second-order valence-electron chi connectivity index (χ2n) is 9.04. The van der Waals surface area contributed by atoms with Gasteiger partial charge in [0, 0.05) is 10.4 Å². The molecule has 0 radical (unpaired) electrons. The van der Waals surface area contributed by atoms with Crippen LogP contribution in [0.1, 0.15) is 45.0 Å². The number of benzene rings is 2. The maximum atomic E-state index is 14.1. The number of para-hydroxylation sites is 3. The van der Waals surface area contributed by atoms with Gasteiger partial charge in [0.1, 0.15) is 23.9 Å². The molecule has 0 saturated heterocycles. The van der Waals surface area contributed by atoms with Crippen molar-refractivity contribution in [3.63, 3.8) is 0 Å². The van der Waals surface area contributed by atoms with Gasteiger partial charge in [0.2, 0.25) is 11.8 Å². The lowest BCUT2D eigenvalue weighted by Crippen LogP contribution is -2.51. The molecule has 2 heterocycles. The van der Waals surface area contributed by atoms with Crippen LogP contribution >= 0.6 is 11.3 Å². The van der Waals surface area contributed by atoms with Crippen molar-refractivity contribution in [3.8, 4) is 5.75 Å². The van der Waals surface area contributed by atoms with E-state index in [1.807, 2.05) is 87.7 Å². The summed E-state index contributed by atoms with van der Waals surface area (Å²) in [5, 5.41) is 13.4. The van der Waals surface area contributed by atoms with Crippen molar-refractivity contribution < 1.29 is 14.3 Å². The third-order valence-electron chi connectivity index (χ3n) is 6.06. The summed E-state index contributed by atoms with van der Waals surface area (Å²) in [5.41, 5.74) is 1.52. The van der Waals surface area contributed by atoms with E-state index in [0.717, 1.165) is 16.8 Å². The number of hydrogen-bond acceptors (Lipinski definition) is 6. The SMILES string of the molecule is CCOc1ccccc1N(C(=O)Cn1nnc2ccccc21)[C@@H](C(=O)NC(C)(C)CC)c1cccs1. The van der Waals surface area contributed by atoms with Crippen molar-refractivity contribution >= 4 is 39.9 Å².